The first-order valence-corrected chi connectivity index (χ1v) is 6.84. The summed E-state index contributed by atoms with van der Waals surface area (Å²) in [5.74, 6) is 0. The molecule has 1 amide bonds. The smallest absolute Gasteiger partial charge is 0.210 e. The molecule has 0 saturated carbocycles. The lowest BCUT2D eigenvalue weighted by molar-refractivity contribution is -0.119. The molecule has 1 aromatic carbocycles. The lowest BCUT2D eigenvalue weighted by Gasteiger charge is -2.16. The molecule has 100 valence electrons. The maximum Gasteiger partial charge on any atom is 0.210 e. The molecule has 0 unspecified atom stereocenters. The lowest BCUT2D eigenvalue weighted by atomic mass is 10.2. The molecule has 2 rings (SSSR count). The number of carbonyl (C=O) groups excluding carboxylic acids is 1. The molecule has 0 bridgehead atoms. The van der Waals surface area contributed by atoms with Crippen LogP contribution in [0.1, 0.15) is 18.2 Å². The van der Waals surface area contributed by atoms with Gasteiger partial charge in [0, 0.05) is 11.0 Å². The number of amides is 1. The first-order valence-electron chi connectivity index (χ1n) is 6.04. The summed E-state index contributed by atoms with van der Waals surface area (Å²) in [5.41, 5.74) is 1.86. The third kappa shape index (κ3) is 3.64. The Morgan fingerprint density at radius 3 is 2.79 bits per heavy atom. The summed E-state index contributed by atoms with van der Waals surface area (Å²) in [7, 11) is 0. The van der Waals surface area contributed by atoms with E-state index in [2.05, 4.69) is 26.1 Å². The number of hydrogen-bond donors (Lipinski definition) is 0. The Morgan fingerprint density at radius 1 is 1.37 bits per heavy atom. The topological polar surface area (TPSA) is 51.0 Å². The fraction of sp³-hybridized carbons (Fsp3) is 0.308. The van der Waals surface area contributed by atoms with Gasteiger partial charge >= 0.3 is 0 Å². The highest BCUT2D eigenvalue weighted by Crippen LogP contribution is 2.17. The van der Waals surface area contributed by atoms with Gasteiger partial charge in [-0.05, 0) is 18.6 Å². The van der Waals surface area contributed by atoms with Gasteiger partial charge in [0.15, 0.2) is 0 Å². The quantitative estimate of drug-likeness (QED) is 0.766. The molecule has 0 atom stereocenters. The summed E-state index contributed by atoms with van der Waals surface area (Å²) >= 11 is 3.48. The van der Waals surface area contributed by atoms with Gasteiger partial charge in [0.2, 0.25) is 6.41 Å². The standard InChI is InChI=1S/C13H15BrN4O/c1-2-18-15-7-12(16-18)9-17(10-19)8-11-5-3-4-6-13(11)14/h3-7,10H,2,8-9H2,1H3. The van der Waals surface area contributed by atoms with Crippen LogP contribution in [-0.2, 0) is 24.4 Å². The van der Waals surface area contributed by atoms with Crippen LogP contribution in [0.2, 0.25) is 0 Å². The molecule has 0 saturated heterocycles. The van der Waals surface area contributed by atoms with E-state index in [1.807, 2.05) is 31.2 Å². The fourth-order valence-electron chi connectivity index (χ4n) is 1.74. The van der Waals surface area contributed by atoms with E-state index in [4.69, 9.17) is 0 Å². The summed E-state index contributed by atoms with van der Waals surface area (Å²) in [6, 6.07) is 7.86. The summed E-state index contributed by atoms with van der Waals surface area (Å²) < 4.78 is 0.999. The highest BCUT2D eigenvalue weighted by atomic mass is 79.9. The van der Waals surface area contributed by atoms with Crippen molar-refractivity contribution in [1.29, 1.82) is 0 Å². The van der Waals surface area contributed by atoms with Crippen LogP contribution >= 0.6 is 15.9 Å². The molecular weight excluding hydrogens is 308 g/mol. The Labute approximate surface area is 120 Å². The molecule has 0 N–H and O–H groups in total. The van der Waals surface area contributed by atoms with Gasteiger partial charge in [-0.15, -0.1) is 0 Å². The minimum atomic E-state index is 0.463. The van der Waals surface area contributed by atoms with E-state index in [9.17, 15) is 4.79 Å². The van der Waals surface area contributed by atoms with E-state index in [1.54, 1.807) is 15.9 Å². The average Bonchev–Trinajstić information content (AvgIpc) is 2.88. The predicted molar refractivity (Wildman–Crippen MR) is 75.1 cm³/mol. The summed E-state index contributed by atoms with van der Waals surface area (Å²) in [6.07, 6.45) is 2.53. The van der Waals surface area contributed by atoms with Gasteiger partial charge in [-0.2, -0.15) is 15.0 Å². The lowest BCUT2D eigenvalue weighted by Crippen LogP contribution is -2.21. The minimum absolute atomic E-state index is 0.463. The number of rotatable bonds is 6. The molecule has 0 radical (unpaired) electrons. The van der Waals surface area contributed by atoms with Gasteiger partial charge in [0.05, 0.1) is 19.3 Å². The van der Waals surface area contributed by atoms with Gasteiger partial charge in [-0.25, -0.2) is 0 Å². The zero-order valence-electron chi connectivity index (χ0n) is 10.7. The zero-order chi connectivity index (χ0) is 13.7. The van der Waals surface area contributed by atoms with Crippen molar-refractivity contribution in [2.24, 2.45) is 0 Å². The van der Waals surface area contributed by atoms with Crippen molar-refractivity contribution in [3.05, 3.63) is 46.2 Å². The van der Waals surface area contributed by atoms with Gasteiger partial charge in [0.25, 0.3) is 0 Å². The van der Waals surface area contributed by atoms with E-state index in [0.29, 0.717) is 13.1 Å². The van der Waals surface area contributed by atoms with E-state index >= 15 is 0 Å². The Morgan fingerprint density at radius 2 is 2.16 bits per heavy atom. The van der Waals surface area contributed by atoms with Crippen molar-refractivity contribution in [3.63, 3.8) is 0 Å². The molecule has 1 aromatic heterocycles. The van der Waals surface area contributed by atoms with Crippen LogP contribution in [0, 0.1) is 0 Å². The second-order valence-corrected chi connectivity index (χ2v) is 4.98. The van der Waals surface area contributed by atoms with Crippen molar-refractivity contribution >= 4 is 22.3 Å². The average molecular weight is 323 g/mol. The van der Waals surface area contributed by atoms with Crippen LogP contribution in [0.15, 0.2) is 34.9 Å². The summed E-state index contributed by atoms with van der Waals surface area (Å²) in [5, 5.41) is 8.37. The largest absolute Gasteiger partial charge is 0.335 e. The highest BCUT2D eigenvalue weighted by molar-refractivity contribution is 9.10. The molecule has 0 spiro atoms. The van der Waals surface area contributed by atoms with Crippen LogP contribution in [0.5, 0.6) is 0 Å². The maximum absolute atomic E-state index is 11.2. The number of aryl methyl sites for hydroxylation is 1. The van der Waals surface area contributed by atoms with E-state index in [1.165, 1.54) is 0 Å². The maximum atomic E-state index is 11.2. The number of aromatic nitrogens is 3. The SMILES string of the molecule is CCn1ncc(CN(C=O)Cc2ccccc2Br)n1. The second-order valence-electron chi connectivity index (χ2n) is 4.13. The predicted octanol–water partition coefficient (Wildman–Crippen LogP) is 2.22. The highest BCUT2D eigenvalue weighted by Gasteiger charge is 2.09. The molecule has 0 aliphatic heterocycles. The van der Waals surface area contributed by atoms with Crippen LogP contribution < -0.4 is 0 Å². The fourth-order valence-corrected chi connectivity index (χ4v) is 2.15. The molecule has 19 heavy (non-hydrogen) atoms. The minimum Gasteiger partial charge on any atom is -0.335 e. The van der Waals surface area contributed by atoms with Crippen molar-refractivity contribution in [1.82, 2.24) is 19.9 Å². The third-order valence-electron chi connectivity index (χ3n) is 2.71. The number of carbonyl (C=O) groups is 1. The first-order chi connectivity index (χ1) is 9.22. The monoisotopic (exact) mass is 322 g/mol. The second kappa shape index (κ2) is 6.47. The first kappa shape index (κ1) is 13.7. The van der Waals surface area contributed by atoms with E-state index in [0.717, 1.165) is 28.7 Å². The molecule has 0 aliphatic carbocycles. The van der Waals surface area contributed by atoms with Crippen LogP contribution in [0.25, 0.3) is 0 Å². The number of nitrogens with zero attached hydrogens (tertiary/aromatic N) is 4. The molecule has 1 heterocycles. The van der Waals surface area contributed by atoms with Crippen LogP contribution in [-0.4, -0.2) is 26.3 Å². The molecule has 2 aromatic rings. The zero-order valence-corrected chi connectivity index (χ0v) is 12.2. The van der Waals surface area contributed by atoms with Gasteiger partial charge in [-0.3, -0.25) is 4.79 Å². The number of hydrogen-bond acceptors (Lipinski definition) is 3. The third-order valence-corrected chi connectivity index (χ3v) is 3.49. The molecule has 0 aliphatic rings. The molecular formula is C13H15BrN4O. The normalized spacial score (nSPS) is 10.4. The van der Waals surface area contributed by atoms with Crippen LogP contribution in [0.3, 0.4) is 0 Å². The van der Waals surface area contributed by atoms with Crippen molar-refractivity contribution in [3.8, 4) is 0 Å². The van der Waals surface area contributed by atoms with Crippen LogP contribution in [0.4, 0.5) is 0 Å². The Balaban J connectivity index is 2.04. The summed E-state index contributed by atoms with van der Waals surface area (Å²) in [4.78, 5) is 14.4. The molecule has 0 fully saturated rings. The van der Waals surface area contributed by atoms with Gasteiger partial charge in [0.1, 0.15) is 5.69 Å². The Kier molecular flexibility index (Phi) is 4.68. The van der Waals surface area contributed by atoms with Crippen molar-refractivity contribution in [2.75, 3.05) is 0 Å². The molecule has 6 heteroatoms. The Hall–Kier alpha value is -1.69. The van der Waals surface area contributed by atoms with Crippen molar-refractivity contribution in [2.45, 2.75) is 26.6 Å². The van der Waals surface area contributed by atoms with Gasteiger partial charge in [-0.1, -0.05) is 34.1 Å². The van der Waals surface area contributed by atoms with E-state index in [-0.39, 0.29) is 0 Å². The van der Waals surface area contributed by atoms with Crippen molar-refractivity contribution < 1.29 is 4.79 Å². The van der Waals surface area contributed by atoms with E-state index < -0.39 is 0 Å². The number of benzene rings is 1. The van der Waals surface area contributed by atoms with Gasteiger partial charge < -0.3 is 4.90 Å². The molecule has 5 nitrogen and oxygen atoms in total. The summed E-state index contributed by atoms with van der Waals surface area (Å²) in [6.45, 7) is 3.71. The number of halogens is 1. The Bertz CT molecular complexity index is 555.